The van der Waals surface area contributed by atoms with Crippen molar-refractivity contribution in [3.05, 3.63) is 120 Å². The van der Waals surface area contributed by atoms with Gasteiger partial charge in [0.05, 0.1) is 0 Å². The Bertz CT molecular complexity index is 1430. The first kappa shape index (κ1) is 28.3. The molecule has 0 saturated carbocycles. The minimum absolute atomic E-state index is 0.152. The van der Waals surface area contributed by atoms with E-state index in [0.29, 0.717) is 29.1 Å². The summed E-state index contributed by atoms with van der Waals surface area (Å²) in [6.45, 7) is 6.21. The number of unbranched alkanes of at least 4 members (excludes halogenated alkanes) is 2. The van der Waals surface area contributed by atoms with E-state index in [9.17, 15) is 4.79 Å². The topological polar surface area (TPSA) is 20.3 Å². The summed E-state index contributed by atoms with van der Waals surface area (Å²) in [7, 11) is 1.70. The summed E-state index contributed by atoms with van der Waals surface area (Å²) >= 11 is 6.65. The lowest BCUT2D eigenvalue weighted by Crippen LogP contribution is -2.26. The second kappa shape index (κ2) is 13.4. The van der Waals surface area contributed by atoms with E-state index in [1.54, 1.807) is 18.0 Å². The highest BCUT2D eigenvalue weighted by molar-refractivity contribution is 6.33. The van der Waals surface area contributed by atoms with Gasteiger partial charge in [-0.25, -0.2) is 4.39 Å². The van der Waals surface area contributed by atoms with Crippen molar-refractivity contribution in [2.45, 2.75) is 39.0 Å². The predicted molar refractivity (Wildman–Crippen MR) is 162 cm³/mol. The molecule has 0 aliphatic heterocycles. The summed E-state index contributed by atoms with van der Waals surface area (Å²) < 4.78 is 15.0. The van der Waals surface area contributed by atoms with Crippen LogP contribution in [0, 0.1) is 5.82 Å². The monoisotopic (exact) mass is 539 g/mol. The highest BCUT2D eigenvalue weighted by Gasteiger charge is 2.12. The van der Waals surface area contributed by atoms with E-state index < -0.39 is 0 Å². The molecule has 0 spiro atoms. The number of halogens is 2. The molecule has 1 amide bonds. The summed E-state index contributed by atoms with van der Waals surface area (Å²) in [6.07, 6.45) is 6.71. The van der Waals surface area contributed by atoms with Crippen LogP contribution in [-0.2, 0) is 17.6 Å². The number of hydrogen-bond donors (Lipinski definition) is 0. The van der Waals surface area contributed by atoms with E-state index in [1.165, 1.54) is 48.1 Å². The van der Waals surface area contributed by atoms with Gasteiger partial charge in [-0.05, 0) is 70.9 Å². The van der Waals surface area contributed by atoms with Gasteiger partial charge in [0.15, 0.2) is 0 Å². The Hall–Kier alpha value is -3.69. The number of nitrogens with zero attached hydrogens (tertiary/aromatic N) is 1. The summed E-state index contributed by atoms with van der Waals surface area (Å²) in [5.74, 6) is -0.485. The van der Waals surface area contributed by atoms with Crippen molar-refractivity contribution in [2.75, 3.05) is 13.6 Å². The van der Waals surface area contributed by atoms with Crippen molar-refractivity contribution in [1.82, 2.24) is 4.90 Å². The summed E-state index contributed by atoms with van der Waals surface area (Å²) in [5.41, 5.74) is 7.72. The van der Waals surface area contributed by atoms with Crippen molar-refractivity contribution in [3.63, 3.8) is 0 Å². The fourth-order valence-electron chi connectivity index (χ4n) is 4.71. The van der Waals surface area contributed by atoms with Crippen LogP contribution in [0.4, 0.5) is 4.39 Å². The maximum atomic E-state index is 15.0. The van der Waals surface area contributed by atoms with Crippen LogP contribution in [0.25, 0.3) is 33.4 Å². The highest BCUT2D eigenvalue weighted by Crippen LogP contribution is 2.34. The van der Waals surface area contributed by atoms with Gasteiger partial charge in [0.25, 0.3) is 0 Å². The Labute approximate surface area is 236 Å². The molecule has 2 nitrogen and oxygen atoms in total. The summed E-state index contributed by atoms with van der Waals surface area (Å²) in [6, 6.07) is 28.2. The summed E-state index contributed by atoms with van der Waals surface area (Å²) in [4.78, 5) is 13.2. The molecule has 0 aliphatic carbocycles. The zero-order valence-electron chi connectivity index (χ0n) is 22.7. The van der Waals surface area contributed by atoms with Crippen molar-refractivity contribution in [3.8, 4) is 33.4 Å². The number of amides is 1. The Kier molecular flexibility index (Phi) is 9.73. The molecule has 200 valence electrons. The van der Waals surface area contributed by atoms with Crippen LogP contribution in [-0.4, -0.2) is 24.4 Å². The molecule has 39 heavy (non-hydrogen) atoms. The normalized spacial score (nSPS) is 10.9. The van der Waals surface area contributed by atoms with Crippen LogP contribution in [0.5, 0.6) is 0 Å². The third-order valence-electron chi connectivity index (χ3n) is 7.15. The van der Waals surface area contributed by atoms with Gasteiger partial charge in [-0.1, -0.05) is 111 Å². The zero-order valence-corrected chi connectivity index (χ0v) is 23.5. The largest absolute Gasteiger partial charge is 0.342 e. The van der Waals surface area contributed by atoms with Crippen LogP contribution < -0.4 is 0 Å². The second-order valence-electron chi connectivity index (χ2n) is 9.95. The molecule has 0 N–H and O–H groups in total. The number of rotatable bonds is 11. The minimum Gasteiger partial charge on any atom is -0.342 e. The SMILES string of the molecule is C=CC(=O)N(C)CCc1ccc(-c2ccc(-c3ccc(-c4ccc(CCCCC)cc4)cc3)cc2Cl)c(F)c1. The van der Waals surface area contributed by atoms with E-state index in [1.807, 2.05) is 24.3 Å². The molecule has 0 radical (unpaired) electrons. The van der Waals surface area contributed by atoms with E-state index in [4.69, 9.17) is 11.6 Å². The second-order valence-corrected chi connectivity index (χ2v) is 10.4. The zero-order chi connectivity index (χ0) is 27.8. The van der Waals surface area contributed by atoms with Gasteiger partial charge in [-0.2, -0.15) is 0 Å². The molecule has 0 heterocycles. The van der Waals surface area contributed by atoms with Crippen molar-refractivity contribution >= 4 is 17.5 Å². The van der Waals surface area contributed by atoms with Crippen LogP contribution >= 0.6 is 11.6 Å². The van der Waals surface area contributed by atoms with Crippen molar-refractivity contribution in [2.24, 2.45) is 0 Å². The lowest BCUT2D eigenvalue weighted by Gasteiger charge is -2.15. The van der Waals surface area contributed by atoms with Crippen molar-refractivity contribution in [1.29, 1.82) is 0 Å². The molecule has 0 aromatic heterocycles. The lowest BCUT2D eigenvalue weighted by atomic mass is 9.96. The smallest absolute Gasteiger partial charge is 0.245 e. The fourth-order valence-corrected chi connectivity index (χ4v) is 4.99. The first-order valence-corrected chi connectivity index (χ1v) is 13.9. The van der Waals surface area contributed by atoms with Crippen molar-refractivity contribution < 1.29 is 9.18 Å². The van der Waals surface area contributed by atoms with E-state index in [2.05, 4.69) is 62.0 Å². The third-order valence-corrected chi connectivity index (χ3v) is 7.47. The first-order valence-electron chi connectivity index (χ1n) is 13.5. The maximum Gasteiger partial charge on any atom is 0.245 e. The number of aryl methyl sites for hydroxylation is 1. The average molecular weight is 540 g/mol. The van der Waals surface area contributed by atoms with Crippen LogP contribution in [0.3, 0.4) is 0 Å². The number of hydrogen-bond acceptors (Lipinski definition) is 1. The van der Waals surface area contributed by atoms with E-state index in [-0.39, 0.29) is 11.7 Å². The molecule has 0 atom stereocenters. The van der Waals surface area contributed by atoms with E-state index >= 15 is 4.39 Å². The maximum absolute atomic E-state index is 15.0. The molecule has 0 aliphatic rings. The van der Waals surface area contributed by atoms with Gasteiger partial charge >= 0.3 is 0 Å². The molecule has 0 saturated heterocycles. The predicted octanol–water partition coefficient (Wildman–Crippen LogP) is 9.40. The molecule has 4 aromatic carbocycles. The number of benzene rings is 4. The molecule has 4 heteroatoms. The fraction of sp³-hybridized carbons (Fsp3) is 0.229. The third kappa shape index (κ3) is 7.25. The summed E-state index contributed by atoms with van der Waals surface area (Å²) in [5, 5.41) is 0.498. The number of carbonyl (C=O) groups excluding carboxylic acids is 1. The molecule has 4 rings (SSSR count). The Morgan fingerprint density at radius 2 is 1.36 bits per heavy atom. The van der Waals surface area contributed by atoms with Gasteiger partial charge in [0.2, 0.25) is 5.91 Å². The first-order chi connectivity index (χ1) is 18.9. The molecule has 4 aromatic rings. The Balaban J connectivity index is 1.45. The van der Waals surface area contributed by atoms with Crippen LogP contribution in [0.15, 0.2) is 97.6 Å². The molecule has 0 unspecified atom stereocenters. The minimum atomic E-state index is -0.333. The van der Waals surface area contributed by atoms with E-state index in [0.717, 1.165) is 23.1 Å². The van der Waals surface area contributed by atoms with Gasteiger partial charge in [-0.3, -0.25) is 4.79 Å². The number of carbonyl (C=O) groups is 1. The molecule has 0 fully saturated rings. The van der Waals surface area contributed by atoms with Gasteiger partial charge in [-0.15, -0.1) is 0 Å². The Morgan fingerprint density at radius 1 is 0.795 bits per heavy atom. The van der Waals surface area contributed by atoms with Gasteiger partial charge < -0.3 is 4.90 Å². The average Bonchev–Trinajstić information content (AvgIpc) is 2.96. The molecular formula is C35H35ClFNO. The Morgan fingerprint density at radius 3 is 1.95 bits per heavy atom. The van der Waals surface area contributed by atoms with Crippen LogP contribution in [0.1, 0.15) is 37.3 Å². The van der Waals surface area contributed by atoms with Crippen LogP contribution in [0.2, 0.25) is 5.02 Å². The van der Waals surface area contributed by atoms with Gasteiger partial charge in [0, 0.05) is 29.7 Å². The molecular weight excluding hydrogens is 505 g/mol. The standard InChI is InChI=1S/C35H35ClFNO/c1-4-6-7-8-25-9-12-27(13-10-25)28-14-16-29(17-15-28)30-18-20-31(33(36)24-30)32-19-11-26(23-34(32)37)21-22-38(3)35(39)5-2/h5,9-20,23-24H,2,4,6-8,21-22H2,1,3H3. The lowest BCUT2D eigenvalue weighted by molar-refractivity contribution is -0.124. The van der Waals surface area contributed by atoms with Gasteiger partial charge in [0.1, 0.15) is 5.82 Å². The molecule has 0 bridgehead atoms. The quantitative estimate of drug-likeness (QED) is 0.137. The number of likely N-dealkylation sites (N-methyl/N-ethyl adjacent to an activating group) is 1. The highest BCUT2D eigenvalue weighted by atomic mass is 35.5.